The van der Waals surface area contributed by atoms with Crippen LogP contribution in [0, 0.1) is 11.8 Å². The fourth-order valence-corrected chi connectivity index (χ4v) is 6.78. The van der Waals surface area contributed by atoms with Gasteiger partial charge in [-0.05, 0) is 86.7 Å². The van der Waals surface area contributed by atoms with E-state index in [9.17, 15) is 9.90 Å². The molecule has 1 amide bonds. The van der Waals surface area contributed by atoms with Crippen molar-refractivity contribution >= 4 is 5.91 Å². The average molecular weight is 491 g/mol. The minimum atomic E-state index is -0.817. The molecule has 1 N–H and O–H groups in total. The van der Waals surface area contributed by atoms with Gasteiger partial charge >= 0.3 is 0 Å². The maximum absolute atomic E-state index is 13.8. The van der Waals surface area contributed by atoms with Crippen LogP contribution in [0.25, 0.3) is 0 Å². The zero-order valence-corrected chi connectivity index (χ0v) is 22.2. The molecule has 5 nitrogen and oxygen atoms in total. The number of rotatable bonds is 8. The molecule has 2 aliphatic carbocycles. The number of benzene rings is 2. The molecule has 5 rings (SSSR count). The molecule has 3 fully saturated rings. The summed E-state index contributed by atoms with van der Waals surface area (Å²) in [6, 6.07) is 18.1. The van der Waals surface area contributed by atoms with E-state index < -0.39 is 11.0 Å². The van der Waals surface area contributed by atoms with Gasteiger partial charge in [-0.15, -0.1) is 0 Å². The highest BCUT2D eigenvalue weighted by Gasteiger charge is 2.58. The number of hydrogen-bond donors (Lipinski definition) is 1. The number of carbonyl (C=O) groups is 1. The molecule has 0 bridgehead atoms. The highest BCUT2D eigenvalue weighted by Crippen LogP contribution is 2.53. The number of amides is 1. The molecule has 5 heteroatoms. The van der Waals surface area contributed by atoms with Crippen molar-refractivity contribution in [2.45, 2.75) is 69.4 Å². The minimum Gasteiger partial charge on any atom is -0.497 e. The Labute approximate surface area is 216 Å². The molecule has 1 aliphatic heterocycles. The predicted molar refractivity (Wildman–Crippen MR) is 143 cm³/mol. The SMILES string of the molecule is COc1cccc(C23CCN(CC4CC4)CC2(O)CC[C@@H](N(CC(C)C)C(=O)c2ccccc2)C3)c1. The molecule has 1 saturated heterocycles. The second-order valence-electron chi connectivity index (χ2n) is 11.9. The number of fused-ring (bicyclic) bond motifs is 1. The summed E-state index contributed by atoms with van der Waals surface area (Å²) in [6.07, 6.45) is 5.85. The summed E-state index contributed by atoms with van der Waals surface area (Å²) in [7, 11) is 1.70. The lowest BCUT2D eigenvalue weighted by molar-refractivity contribution is -0.133. The van der Waals surface area contributed by atoms with E-state index in [0.717, 1.165) is 61.7 Å². The normalized spacial score (nSPS) is 28.5. The average Bonchev–Trinajstić information content (AvgIpc) is 3.71. The fourth-order valence-electron chi connectivity index (χ4n) is 6.78. The topological polar surface area (TPSA) is 53.0 Å². The van der Waals surface area contributed by atoms with Crippen LogP contribution in [0.1, 0.15) is 68.3 Å². The van der Waals surface area contributed by atoms with E-state index in [0.29, 0.717) is 18.9 Å². The summed E-state index contributed by atoms with van der Waals surface area (Å²) >= 11 is 0. The van der Waals surface area contributed by atoms with Gasteiger partial charge in [0.15, 0.2) is 0 Å². The van der Waals surface area contributed by atoms with Gasteiger partial charge in [-0.2, -0.15) is 0 Å². The molecule has 0 spiro atoms. The van der Waals surface area contributed by atoms with Crippen LogP contribution in [0.15, 0.2) is 54.6 Å². The molecule has 3 atom stereocenters. The standard InChI is InChI=1S/C31H42N2O3/c1-23(2)20-33(29(34)25-8-5-4-6-9-25)27-14-15-31(35)22-32(21-24-12-13-24)17-16-30(31,19-27)26-10-7-11-28(18-26)36-3/h4-11,18,23-24,27,35H,12-17,19-22H2,1-3H3/t27-,30?,31?/m1/s1. The van der Waals surface area contributed by atoms with E-state index >= 15 is 0 Å². The second-order valence-corrected chi connectivity index (χ2v) is 11.9. The van der Waals surface area contributed by atoms with E-state index in [-0.39, 0.29) is 11.9 Å². The maximum Gasteiger partial charge on any atom is 0.254 e. The third-order valence-corrected chi connectivity index (χ3v) is 8.83. The number of hydrogen-bond acceptors (Lipinski definition) is 4. The van der Waals surface area contributed by atoms with Crippen molar-refractivity contribution in [2.75, 3.05) is 33.3 Å². The van der Waals surface area contributed by atoms with Crippen LogP contribution in [0.4, 0.5) is 0 Å². The van der Waals surface area contributed by atoms with E-state index in [1.54, 1.807) is 7.11 Å². The molecular formula is C31H42N2O3. The van der Waals surface area contributed by atoms with Crippen LogP contribution in [-0.4, -0.2) is 65.7 Å². The van der Waals surface area contributed by atoms with Crippen molar-refractivity contribution < 1.29 is 14.6 Å². The van der Waals surface area contributed by atoms with Crippen LogP contribution in [0.5, 0.6) is 5.75 Å². The molecule has 0 radical (unpaired) electrons. The number of likely N-dealkylation sites (tertiary alicyclic amines) is 1. The molecule has 2 aromatic rings. The van der Waals surface area contributed by atoms with Gasteiger partial charge in [0.1, 0.15) is 5.75 Å². The lowest BCUT2D eigenvalue weighted by atomic mass is 9.55. The number of aliphatic hydroxyl groups is 1. The third-order valence-electron chi connectivity index (χ3n) is 8.83. The largest absolute Gasteiger partial charge is 0.497 e. The Kier molecular flexibility index (Phi) is 7.15. The van der Waals surface area contributed by atoms with Crippen LogP contribution in [0.2, 0.25) is 0 Å². The van der Waals surface area contributed by atoms with Crippen LogP contribution in [0.3, 0.4) is 0 Å². The number of methoxy groups -OCH3 is 1. The van der Waals surface area contributed by atoms with Crippen LogP contribution in [-0.2, 0) is 5.41 Å². The van der Waals surface area contributed by atoms with Crippen molar-refractivity contribution in [1.82, 2.24) is 9.80 Å². The number of β-amino-alcohol motifs (C(OH)–C–C–N with tert-alkyl or cyclic N) is 1. The van der Waals surface area contributed by atoms with Gasteiger partial charge in [-0.3, -0.25) is 4.79 Å². The zero-order valence-electron chi connectivity index (χ0n) is 22.2. The highest BCUT2D eigenvalue weighted by molar-refractivity contribution is 5.94. The van der Waals surface area contributed by atoms with E-state index in [1.807, 2.05) is 42.5 Å². The van der Waals surface area contributed by atoms with E-state index in [4.69, 9.17) is 4.74 Å². The molecule has 194 valence electrons. The van der Waals surface area contributed by atoms with Gasteiger partial charge in [0.05, 0.1) is 12.7 Å². The monoisotopic (exact) mass is 490 g/mol. The first-order chi connectivity index (χ1) is 17.3. The summed E-state index contributed by atoms with van der Waals surface area (Å²) in [5.41, 5.74) is 0.671. The summed E-state index contributed by atoms with van der Waals surface area (Å²) < 4.78 is 5.60. The van der Waals surface area contributed by atoms with Crippen molar-refractivity contribution in [3.8, 4) is 5.75 Å². The third kappa shape index (κ3) is 4.92. The molecule has 2 saturated carbocycles. The summed E-state index contributed by atoms with van der Waals surface area (Å²) in [6.45, 7) is 7.88. The Bertz CT molecular complexity index is 1050. The van der Waals surface area contributed by atoms with E-state index in [1.165, 1.54) is 12.8 Å². The van der Waals surface area contributed by atoms with Crippen molar-refractivity contribution in [1.29, 1.82) is 0 Å². The summed E-state index contributed by atoms with van der Waals surface area (Å²) in [5.74, 6) is 2.10. The zero-order chi connectivity index (χ0) is 25.3. The molecular weight excluding hydrogens is 448 g/mol. The van der Waals surface area contributed by atoms with Gasteiger partial charge in [-0.1, -0.05) is 44.2 Å². The lowest BCUT2D eigenvalue weighted by Gasteiger charge is -2.59. The number of nitrogens with zero attached hydrogens (tertiary/aromatic N) is 2. The van der Waals surface area contributed by atoms with Gasteiger partial charge in [0.2, 0.25) is 0 Å². The van der Waals surface area contributed by atoms with Gasteiger partial charge in [-0.25, -0.2) is 0 Å². The number of ether oxygens (including phenoxy) is 1. The van der Waals surface area contributed by atoms with Crippen molar-refractivity contribution in [3.05, 3.63) is 65.7 Å². The molecule has 3 aliphatic rings. The quantitative estimate of drug-likeness (QED) is 0.557. The first kappa shape index (κ1) is 25.3. The van der Waals surface area contributed by atoms with Gasteiger partial charge in [0, 0.05) is 36.7 Å². The lowest BCUT2D eigenvalue weighted by Crippen LogP contribution is -2.67. The second kappa shape index (κ2) is 10.2. The van der Waals surface area contributed by atoms with Crippen LogP contribution >= 0.6 is 0 Å². The van der Waals surface area contributed by atoms with Crippen LogP contribution < -0.4 is 4.74 Å². The highest BCUT2D eigenvalue weighted by atomic mass is 16.5. The summed E-state index contributed by atoms with van der Waals surface area (Å²) in [4.78, 5) is 18.4. The Hall–Kier alpha value is -2.37. The number of piperidine rings is 1. The molecule has 36 heavy (non-hydrogen) atoms. The van der Waals surface area contributed by atoms with Crippen molar-refractivity contribution in [2.24, 2.45) is 11.8 Å². The first-order valence-electron chi connectivity index (χ1n) is 13.8. The predicted octanol–water partition coefficient (Wildman–Crippen LogP) is 5.13. The van der Waals surface area contributed by atoms with Crippen molar-refractivity contribution in [3.63, 3.8) is 0 Å². The van der Waals surface area contributed by atoms with E-state index in [2.05, 4.69) is 35.8 Å². The smallest absolute Gasteiger partial charge is 0.254 e. The maximum atomic E-state index is 13.8. The fraction of sp³-hybridized carbons (Fsp3) is 0.581. The van der Waals surface area contributed by atoms with Gasteiger partial charge < -0.3 is 19.6 Å². The Morgan fingerprint density at radius 2 is 1.89 bits per heavy atom. The Morgan fingerprint density at radius 3 is 2.58 bits per heavy atom. The Balaban J connectivity index is 1.50. The molecule has 2 aromatic carbocycles. The Morgan fingerprint density at radius 1 is 1.11 bits per heavy atom. The molecule has 1 heterocycles. The van der Waals surface area contributed by atoms with Gasteiger partial charge in [0.25, 0.3) is 5.91 Å². The number of carbonyl (C=O) groups excluding carboxylic acids is 1. The minimum absolute atomic E-state index is 0.0848. The molecule has 2 unspecified atom stereocenters. The first-order valence-corrected chi connectivity index (χ1v) is 13.8. The summed E-state index contributed by atoms with van der Waals surface area (Å²) in [5, 5.41) is 12.4. The molecule has 0 aromatic heterocycles.